The van der Waals surface area contributed by atoms with Gasteiger partial charge in [-0.1, -0.05) is 0 Å². The van der Waals surface area contributed by atoms with Crippen molar-refractivity contribution in [2.75, 3.05) is 31.1 Å². The average Bonchev–Trinajstić information content (AvgIpc) is 3.48. The fraction of sp³-hybridized carbons (Fsp3) is 0.667. The third-order valence-electron chi connectivity index (χ3n) is 8.73. The number of benzene rings is 1. The van der Waals surface area contributed by atoms with Gasteiger partial charge in [-0.15, -0.1) is 0 Å². The number of piperidine rings is 2. The van der Waals surface area contributed by atoms with Crippen LogP contribution in [0, 0.1) is 29.1 Å². The molecule has 1 aromatic carbocycles. The Morgan fingerprint density at radius 3 is 2.24 bits per heavy atom. The number of anilines is 1. The number of carbonyl (C=O) groups is 2. The van der Waals surface area contributed by atoms with Gasteiger partial charge >= 0.3 is 5.97 Å². The number of nitrogen functional groups attached to an aromatic ring is 1. The summed E-state index contributed by atoms with van der Waals surface area (Å²) in [6, 6.07) is 7.77. The Morgan fingerprint density at radius 1 is 0.941 bits per heavy atom. The lowest BCUT2D eigenvalue weighted by atomic mass is 9.90. The van der Waals surface area contributed by atoms with Crippen LogP contribution in [-0.4, -0.2) is 54.9 Å². The van der Waals surface area contributed by atoms with E-state index in [1.165, 1.54) is 19.3 Å². The molecule has 3 unspecified atom stereocenters. The Morgan fingerprint density at radius 2 is 1.65 bits per heavy atom. The van der Waals surface area contributed by atoms with E-state index >= 15 is 0 Å². The Bertz CT molecular complexity index is 901. The largest absolute Gasteiger partial charge is 0.462 e. The van der Waals surface area contributed by atoms with Crippen LogP contribution in [0.3, 0.4) is 0 Å². The molecule has 3 atom stereocenters. The van der Waals surface area contributed by atoms with Gasteiger partial charge in [-0.3, -0.25) is 15.0 Å². The highest BCUT2D eigenvalue weighted by Crippen LogP contribution is 2.46. The summed E-state index contributed by atoms with van der Waals surface area (Å²) in [5.74, 6) is 2.18. The first-order valence-corrected chi connectivity index (χ1v) is 13.1. The van der Waals surface area contributed by atoms with Crippen molar-refractivity contribution < 1.29 is 14.3 Å². The number of esters is 1. The van der Waals surface area contributed by atoms with Gasteiger partial charge in [0.05, 0.1) is 0 Å². The summed E-state index contributed by atoms with van der Waals surface area (Å²) in [6.07, 6.45) is 9.09. The Labute approximate surface area is 202 Å². The van der Waals surface area contributed by atoms with Crippen molar-refractivity contribution in [1.82, 2.24) is 4.90 Å². The minimum atomic E-state index is -0.0222. The Kier molecular flexibility index (Phi) is 6.79. The van der Waals surface area contributed by atoms with Crippen LogP contribution < -0.4 is 10.6 Å². The maximum atomic E-state index is 13.1. The van der Waals surface area contributed by atoms with Crippen LogP contribution in [0.1, 0.15) is 63.4 Å². The molecule has 2 saturated heterocycles. The zero-order valence-corrected chi connectivity index (χ0v) is 20.1. The van der Waals surface area contributed by atoms with E-state index in [0.29, 0.717) is 18.3 Å². The van der Waals surface area contributed by atoms with E-state index in [4.69, 9.17) is 15.9 Å². The number of hydrogen-bond acceptors (Lipinski definition) is 5. The van der Waals surface area contributed by atoms with Crippen molar-refractivity contribution in [3.05, 3.63) is 29.8 Å². The van der Waals surface area contributed by atoms with Gasteiger partial charge < -0.3 is 20.3 Å². The molecule has 4 aliphatic rings. The number of fused-ring (bicyclic) bond motifs is 2. The van der Waals surface area contributed by atoms with Gasteiger partial charge in [0.1, 0.15) is 11.9 Å². The summed E-state index contributed by atoms with van der Waals surface area (Å²) in [7, 11) is 0. The zero-order chi connectivity index (χ0) is 23.7. The Hall–Kier alpha value is -2.57. The molecule has 2 heterocycles. The van der Waals surface area contributed by atoms with E-state index < -0.39 is 0 Å². The highest BCUT2D eigenvalue weighted by molar-refractivity contribution is 5.95. The zero-order valence-electron chi connectivity index (χ0n) is 20.1. The maximum Gasteiger partial charge on any atom is 0.306 e. The lowest BCUT2D eigenvalue weighted by molar-refractivity contribution is -0.153. The molecule has 2 aliphatic heterocycles. The molecular formula is C27H38N4O3. The molecule has 3 N–H and O–H groups in total. The number of rotatable bonds is 6. The fourth-order valence-electron chi connectivity index (χ4n) is 6.64. The molecule has 184 valence electrons. The van der Waals surface area contributed by atoms with Gasteiger partial charge in [-0.2, -0.15) is 0 Å². The quantitative estimate of drug-likeness (QED) is 0.379. The number of hydrogen-bond donors (Lipinski definition) is 2. The fourth-order valence-corrected chi connectivity index (χ4v) is 6.64. The topological polar surface area (TPSA) is 99.7 Å². The second-order valence-electron chi connectivity index (χ2n) is 10.9. The van der Waals surface area contributed by atoms with Gasteiger partial charge in [0.15, 0.2) is 0 Å². The van der Waals surface area contributed by atoms with Gasteiger partial charge in [-0.05, 0) is 93.4 Å². The van der Waals surface area contributed by atoms with E-state index in [0.717, 1.165) is 75.5 Å². The molecular weight excluding hydrogens is 428 g/mol. The first-order chi connectivity index (χ1) is 16.5. The maximum absolute atomic E-state index is 13.1. The summed E-state index contributed by atoms with van der Waals surface area (Å²) < 4.78 is 5.84. The van der Waals surface area contributed by atoms with E-state index in [9.17, 15) is 9.59 Å². The van der Waals surface area contributed by atoms with Crippen LogP contribution in [0.25, 0.3) is 0 Å². The molecule has 5 rings (SSSR count). The van der Waals surface area contributed by atoms with Crippen molar-refractivity contribution >= 4 is 23.4 Å². The predicted octanol–water partition coefficient (Wildman–Crippen LogP) is 3.55. The molecule has 1 aromatic rings. The van der Waals surface area contributed by atoms with Gasteiger partial charge in [0.25, 0.3) is 0 Å². The van der Waals surface area contributed by atoms with Crippen LogP contribution >= 0.6 is 0 Å². The number of nitrogens with one attached hydrogen (secondary N) is 1. The summed E-state index contributed by atoms with van der Waals surface area (Å²) in [6.45, 7) is 3.25. The minimum Gasteiger partial charge on any atom is -0.462 e. The molecule has 0 aromatic heterocycles. The molecule has 7 nitrogen and oxygen atoms in total. The third-order valence-corrected chi connectivity index (χ3v) is 8.73. The normalized spacial score (nSPS) is 27.7. The highest BCUT2D eigenvalue weighted by Gasteiger charge is 2.42. The second kappa shape index (κ2) is 9.96. The molecule has 2 saturated carbocycles. The molecule has 2 aliphatic carbocycles. The number of nitrogens with two attached hydrogens (primary N) is 1. The van der Waals surface area contributed by atoms with Gasteiger partial charge in [0, 0.05) is 49.8 Å². The van der Waals surface area contributed by atoms with Crippen molar-refractivity contribution in [3.8, 4) is 0 Å². The third kappa shape index (κ3) is 5.08. The molecule has 1 amide bonds. The molecule has 0 radical (unpaired) electrons. The number of amides is 1. The summed E-state index contributed by atoms with van der Waals surface area (Å²) >= 11 is 0. The summed E-state index contributed by atoms with van der Waals surface area (Å²) in [5, 5.41) is 7.53. The number of carbonyl (C=O) groups excluding carboxylic acids is 2. The molecule has 0 spiro atoms. The van der Waals surface area contributed by atoms with Crippen LogP contribution in [0.15, 0.2) is 24.3 Å². The van der Waals surface area contributed by atoms with E-state index in [2.05, 4.69) is 4.90 Å². The second-order valence-corrected chi connectivity index (χ2v) is 10.9. The number of amidine groups is 1. The summed E-state index contributed by atoms with van der Waals surface area (Å²) in [5.41, 5.74) is 7.40. The van der Waals surface area contributed by atoms with Crippen LogP contribution in [-0.2, 0) is 14.3 Å². The van der Waals surface area contributed by atoms with E-state index in [1.807, 2.05) is 29.2 Å². The monoisotopic (exact) mass is 466 g/mol. The standard InChI is InChI=1S/C27H38N4O3/c28-26(29)20-3-5-23(6-4-20)30-13-9-21(10-14-30)27(33)31-11-7-18(8-12-31)17-25(32)34-24-16-19-1-2-22(24)15-19/h3-6,18-19,21-22,24H,1-2,7-17H2,(H3,28,29). The molecule has 2 bridgehead atoms. The van der Waals surface area contributed by atoms with E-state index in [1.54, 1.807) is 0 Å². The molecule has 7 heteroatoms. The average molecular weight is 467 g/mol. The lowest BCUT2D eigenvalue weighted by Crippen LogP contribution is -2.45. The van der Waals surface area contributed by atoms with Crippen molar-refractivity contribution in [2.45, 2.75) is 63.9 Å². The lowest BCUT2D eigenvalue weighted by Gasteiger charge is -2.38. The van der Waals surface area contributed by atoms with Crippen molar-refractivity contribution in [2.24, 2.45) is 29.4 Å². The minimum absolute atomic E-state index is 0.0222. The first kappa shape index (κ1) is 23.2. The summed E-state index contributed by atoms with van der Waals surface area (Å²) in [4.78, 5) is 29.9. The Balaban J connectivity index is 1.03. The SMILES string of the molecule is N=C(N)c1ccc(N2CCC(C(=O)N3CCC(CC(=O)OC4CC5CCC4C5)CC3)CC2)cc1. The van der Waals surface area contributed by atoms with Crippen LogP contribution in [0.2, 0.25) is 0 Å². The molecule has 4 fully saturated rings. The van der Waals surface area contributed by atoms with Crippen LogP contribution in [0.4, 0.5) is 5.69 Å². The van der Waals surface area contributed by atoms with Crippen molar-refractivity contribution in [3.63, 3.8) is 0 Å². The number of ether oxygens (including phenoxy) is 1. The molecule has 34 heavy (non-hydrogen) atoms. The van der Waals surface area contributed by atoms with Crippen molar-refractivity contribution in [1.29, 1.82) is 5.41 Å². The van der Waals surface area contributed by atoms with Gasteiger partial charge in [0.2, 0.25) is 5.91 Å². The van der Waals surface area contributed by atoms with E-state index in [-0.39, 0.29) is 29.7 Å². The first-order valence-electron chi connectivity index (χ1n) is 13.1. The number of nitrogens with zero attached hydrogens (tertiary/aromatic N) is 2. The highest BCUT2D eigenvalue weighted by atomic mass is 16.5. The smallest absolute Gasteiger partial charge is 0.306 e. The predicted molar refractivity (Wildman–Crippen MR) is 132 cm³/mol. The van der Waals surface area contributed by atoms with Crippen LogP contribution in [0.5, 0.6) is 0 Å². The van der Waals surface area contributed by atoms with Gasteiger partial charge in [-0.25, -0.2) is 0 Å². The number of likely N-dealkylation sites (tertiary alicyclic amines) is 1.